The summed E-state index contributed by atoms with van der Waals surface area (Å²) >= 11 is 1.43. The molecular formula is C48H67N9O6S. The molecule has 2 saturated heterocycles. The number of urea groups is 1. The molecule has 0 saturated carbocycles. The minimum atomic E-state index is -1.04. The van der Waals surface area contributed by atoms with Gasteiger partial charge in [-0.05, 0) is 95.8 Å². The van der Waals surface area contributed by atoms with Crippen LogP contribution in [0, 0.1) is 11.3 Å². The molecule has 6 bridgehead atoms. The number of benzene rings is 1. The zero-order chi connectivity index (χ0) is 46.0. The first-order chi connectivity index (χ1) is 30.5. The van der Waals surface area contributed by atoms with Gasteiger partial charge in [-0.3, -0.25) is 24.4 Å². The molecule has 0 spiro atoms. The highest BCUT2D eigenvalue weighted by Gasteiger charge is 2.39. The summed E-state index contributed by atoms with van der Waals surface area (Å²) in [5, 5.41) is 8.24. The first-order valence-electron chi connectivity index (χ1n) is 22.8. The Morgan fingerprint density at radius 3 is 2.52 bits per heavy atom. The molecular weight excluding hydrogens is 831 g/mol. The van der Waals surface area contributed by atoms with Crippen molar-refractivity contribution in [2.24, 2.45) is 11.3 Å². The Labute approximate surface area is 381 Å². The number of amides is 4. The molecule has 0 aliphatic carbocycles. The van der Waals surface area contributed by atoms with Crippen molar-refractivity contribution >= 4 is 46.1 Å². The van der Waals surface area contributed by atoms with Crippen LogP contribution >= 0.6 is 11.3 Å². The average Bonchev–Trinajstić information content (AvgIpc) is 3.88. The van der Waals surface area contributed by atoms with Gasteiger partial charge in [-0.2, -0.15) is 0 Å². The van der Waals surface area contributed by atoms with Gasteiger partial charge in [0.15, 0.2) is 0 Å². The molecule has 2 fully saturated rings. The van der Waals surface area contributed by atoms with Crippen molar-refractivity contribution in [1.82, 2.24) is 45.0 Å². The first-order valence-corrected chi connectivity index (χ1v) is 23.7. The number of likely N-dealkylation sites (tertiary alicyclic amines) is 1. The largest absolute Gasteiger partial charge is 0.464 e. The summed E-state index contributed by atoms with van der Waals surface area (Å²) < 4.78 is 14.3. The Balaban J connectivity index is 1.26. The number of esters is 1. The molecule has 2 N–H and O–H groups in total. The highest BCUT2D eigenvalue weighted by molar-refractivity contribution is 7.10. The molecule has 346 valence electrons. The van der Waals surface area contributed by atoms with Crippen molar-refractivity contribution in [2.45, 2.75) is 117 Å². The van der Waals surface area contributed by atoms with Gasteiger partial charge in [-0.25, -0.2) is 15.2 Å². The Kier molecular flexibility index (Phi) is 14.5. The van der Waals surface area contributed by atoms with Crippen LogP contribution < -0.4 is 10.7 Å². The first kappa shape index (κ1) is 47.1. The number of cyclic esters (lactones) is 1. The second-order valence-corrected chi connectivity index (χ2v) is 20.0. The summed E-state index contributed by atoms with van der Waals surface area (Å²) in [5.41, 5.74) is 9.41. The highest BCUT2D eigenvalue weighted by Crippen LogP contribution is 2.42. The number of rotatable bonds is 9. The van der Waals surface area contributed by atoms with Crippen molar-refractivity contribution in [3.05, 3.63) is 58.2 Å². The lowest BCUT2D eigenvalue weighted by Gasteiger charge is -2.40. The summed E-state index contributed by atoms with van der Waals surface area (Å²) in [4.78, 5) is 72.3. The SMILES string of the molecule is CCn1c(-c2cccnc2[C@H](C)OC)c2c3cc(ccc31)-c1csc(n1)C[C@H](NC(=O)[C@H](C(C)C)N(C)C(=O)N1CCC(N(C)C)CC1)C(=O)N1CCC[C@H](N1)C(=O)OCC(C)(C)C2. The van der Waals surface area contributed by atoms with E-state index in [1.54, 1.807) is 20.4 Å². The zero-order valence-electron chi connectivity index (χ0n) is 39.3. The van der Waals surface area contributed by atoms with E-state index in [1.165, 1.54) is 21.2 Å². The van der Waals surface area contributed by atoms with Crippen LogP contribution in [0.25, 0.3) is 33.4 Å². The molecule has 3 aliphatic rings. The minimum Gasteiger partial charge on any atom is -0.464 e. The summed E-state index contributed by atoms with van der Waals surface area (Å²) in [7, 11) is 7.48. The van der Waals surface area contributed by atoms with Crippen molar-refractivity contribution in [2.75, 3.05) is 54.5 Å². The van der Waals surface area contributed by atoms with E-state index in [-0.39, 0.29) is 37.0 Å². The molecule has 64 heavy (non-hydrogen) atoms. The summed E-state index contributed by atoms with van der Waals surface area (Å²) in [6.45, 7) is 14.6. The van der Waals surface area contributed by atoms with E-state index in [2.05, 4.69) is 79.3 Å². The number of methoxy groups -OCH3 is 1. The topological polar surface area (TPSA) is 154 Å². The molecule has 4 atom stereocenters. The maximum absolute atomic E-state index is 14.6. The molecule has 3 aromatic heterocycles. The third-order valence-corrected chi connectivity index (χ3v) is 14.1. The van der Waals surface area contributed by atoms with E-state index in [0.29, 0.717) is 56.5 Å². The van der Waals surface area contributed by atoms with Crippen molar-refractivity contribution in [1.29, 1.82) is 0 Å². The molecule has 6 heterocycles. The number of hydrogen-bond acceptors (Lipinski definition) is 11. The number of pyridine rings is 1. The fourth-order valence-corrected chi connectivity index (χ4v) is 10.5. The number of carbonyl (C=O) groups excluding carboxylic acids is 4. The van der Waals surface area contributed by atoms with Crippen LogP contribution in [0.1, 0.15) is 89.6 Å². The number of aryl methyl sites for hydroxylation is 1. The summed E-state index contributed by atoms with van der Waals surface area (Å²) in [5.74, 6) is -1.49. The molecule has 0 unspecified atom stereocenters. The van der Waals surface area contributed by atoms with Gasteiger partial charge < -0.3 is 34.1 Å². The average molecular weight is 898 g/mol. The number of hydrogen-bond donors (Lipinski definition) is 2. The maximum Gasteiger partial charge on any atom is 0.324 e. The molecule has 4 amide bonds. The standard InChI is InChI=1S/C48H67N9O6S/c1-11-56-39-17-16-31-24-34(39)35(43(56)33-14-12-20-49-41(33)30(4)62-10)26-48(5,6)28-63-46(60)36-15-13-21-57(52-36)45(59)37(25-40-50-38(31)27-64-40)51-44(58)42(29(2)3)54(9)47(61)55-22-18-32(19-23-55)53(7)8/h12,14,16-17,20,24,27,29-30,32,36-37,42,52H,11,13,15,18-19,21-23,25-26,28H2,1-10H3,(H,51,58)/t30-,36-,37-,42-/m0/s1. The number of aromatic nitrogens is 3. The number of carbonyl (C=O) groups is 4. The molecule has 3 aliphatic heterocycles. The lowest BCUT2D eigenvalue weighted by Crippen LogP contribution is -2.62. The van der Waals surface area contributed by atoms with Crippen LogP contribution in [0.3, 0.4) is 0 Å². The molecule has 16 heteroatoms. The minimum absolute atomic E-state index is 0.114. The monoisotopic (exact) mass is 897 g/mol. The molecule has 15 nitrogen and oxygen atoms in total. The van der Waals surface area contributed by atoms with E-state index < -0.39 is 35.4 Å². The van der Waals surface area contributed by atoms with Gasteiger partial charge in [0, 0.05) is 91.8 Å². The number of nitrogens with zero attached hydrogens (tertiary/aromatic N) is 7. The van der Waals surface area contributed by atoms with Crippen LogP contribution in [-0.4, -0.2) is 137 Å². The quantitative estimate of drug-likeness (QED) is 0.183. The lowest BCUT2D eigenvalue weighted by atomic mass is 9.84. The van der Waals surface area contributed by atoms with E-state index in [1.807, 2.05) is 37.1 Å². The van der Waals surface area contributed by atoms with Crippen LogP contribution in [0.15, 0.2) is 41.9 Å². The van der Waals surface area contributed by atoms with Crippen molar-refractivity contribution in [3.8, 4) is 22.5 Å². The fourth-order valence-electron chi connectivity index (χ4n) is 9.66. The number of fused-ring (bicyclic) bond motifs is 6. The van der Waals surface area contributed by atoms with Crippen molar-refractivity contribution < 1.29 is 28.7 Å². The number of nitrogens with one attached hydrogen (secondary N) is 2. The van der Waals surface area contributed by atoms with Gasteiger partial charge in [0.25, 0.3) is 5.91 Å². The second-order valence-electron chi connectivity index (χ2n) is 19.0. The molecule has 0 radical (unpaired) electrons. The Morgan fingerprint density at radius 2 is 1.83 bits per heavy atom. The van der Waals surface area contributed by atoms with Crippen LogP contribution in [-0.2, 0) is 43.2 Å². The lowest BCUT2D eigenvalue weighted by molar-refractivity contribution is -0.155. The normalized spacial score (nSPS) is 20.9. The molecule has 1 aromatic carbocycles. The third-order valence-electron chi connectivity index (χ3n) is 13.2. The van der Waals surface area contributed by atoms with Crippen LogP contribution in [0.5, 0.6) is 0 Å². The smallest absolute Gasteiger partial charge is 0.324 e. The number of hydrazine groups is 1. The number of ether oxygens (including phenoxy) is 2. The predicted molar refractivity (Wildman–Crippen MR) is 249 cm³/mol. The molecule has 4 aromatic rings. The van der Waals surface area contributed by atoms with Gasteiger partial charge >= 0.3 is 12.0 Å². The second kappa shape index (κ2) is 19.7. The summed E-state index contributed by atoms with van der Waals surface area (Å²) in [6.07, 6.45) is 5.02. The third kappa shape index (κ3) is 9.85. The van der Waals surface area contributed by atoms with Crippen LogP contribution in [0.2, 0.25) is 0 Å². The summed E-state index contributed by atoms with van der Waals surface area (Å²) in [6, 6.07) is 8.03. The maximum atomic E-state index is 14.6. The van der Waals surface area contributed by atoms with Crippen LogP contribution in [0.4, 0.5) is 4.79 Å². The van der Waals surface area contributed by atoms with Gasteiger partial charge in [0.2, 0.25) is 5.91 Å². The van der Waals surface area contributed by atoms with E-state index >= 15 is 0 Å². The number of thiazole rings is 1. The Bertz CT molecular complexity index is 2330. The Hall–Kier alpha value is -4.90. The number of likely N-dealkylation sites (N-methyl/N-ethyl adjacent to an activating group) is 1. The van der Waals surface area contributed by atoms with E-state index in [0.717, 1.165) is 57.5 Å². The van der Waals surface area contributed by atoms with Gasteiger partial charge in [-0.1, -0.05) is 33.8 Å². The van der Waals surface area contributed by atoms with E-state index in [9.17, 15) is 19.2 Å². The van der Waals surface area contributed by atoms with Gasteiger partial charge in [0.05, 0.1) is 34.8 Å². The predicted octanol–water partition coefficient (Wildman–Crippen LogP) is 6.30. The van der Waals surface area contributed by atoms with Crippen molar-refractivity contribution in [3.63, 3.8) is 0 Å². The number of piperidine rings is 1. The van der Waals surface area contributed by atoms with E-state index in [4.69, 9.17) is 19.4 Å². The zero-order valence-corrected chi connectivity index (χ0v) is 40.1. The Morgan fingerprint density at radius 1 is 1.08 bits per heavy atom. The van der Waals surface area contributed by atoms with Gasteiger partial charge in [-0.15, -0.1) is 11.3 Å². The fraction of sp³-hybridized carbons (Fsp3) is 0.583. The highest BCUT2D eigenvalue weighted by atomic mass is 32.1. The van der Waals surface area contributed by atoms with Gasteiger partial charge in [0.1, 0.15) is 18.1 Å². The molecule has 7 rings (SSSR count).